The second-order valence-corrected chi connectivity index (χ2v) is 4.28. The molecule has 0 radical (unpaired) electrons. The average Bonchev–Trinajstić information content (AvgIpc) is 2.74. The molecule has 2 heterocycles. The summed E-state index contributed by atoms with van der Waals surface area (Å²) in [5.74, 6) is 0. The summed E-state index contributed by atoms with van der Waals surface area (Å²) in [6.45, 7) is 0. The molecule has 0 saturated carbocycles. The van der Waals surface area contributed by atoms with Gasteiger partial charge < -0.3 is 9.73 Å². The summed E-state index contributed by atoms with van der Waals surface area (Å²) in [5, 5.41) is 3.28. The molecule has 1 atom stereocenters. The van der Waals surface area contributed by atoms with Gasteiger partial charge in [-0.2, -0.15) is 0 Å². The Morgan fingerprint density at radius 2 is 2.38 bits per heavy atom. The Bertz CT molecular complexity index is 441. The molecule has 2 aromatic rings. The Kier molecular flexibility index (Phi) is 3.74. The van der Waals surface area contributed by atoms with E-state index in [1.807, 2.05) is 25.4 Å². The highest BCUT2D eigenvalue weighted by atomic mass is 79.9. The minimum atomic E-state index is 0.234. The van der Waals surface area contributed by atoms with Gasteiger partial charge >= 0.3 is 0 Å². The van der Waals surface area contributed by atoms with Crippen molar-refractivity contribution in [2.75, 3.05) is 7.05 Å². The smallest absolute Gasteiger partial charge is 0.173 e. The summed E-state index contributed by atoms with van der Waals surface area (Å²) in [6, 6.07) is 6.23. The third kappa shape index (κ3) is 2.51. The number of halogens is 1. The Hall–Kier alpha value is -1.13. The number of nitrogens with zero attached hydrogens (tertiary/aromatic N) is 1. The molecule has 0 saturated heterocycles. The van der Waals surface area contributed by atoms with Crippen LogP contribution >= 0.6 is 15.9 Å². The molecule has 0 spiro atoms. The van der Waals surface area contributed by atoms with E-state index in [2.05, 4.69) is 32.3 Å². The topological polar surface area (TPSA) is 38.1 Å². The summed E-state index contributed by atoms with van der Waals surface area (Å²) in [5.41, 5.74) is 2.33. The quantitative estimate of drug-likeness (QED) is 0.936. The van der Waals surface area contributed by atoms with Crippen LogP contribution in [0.2, 0.25) is 0 Å². The monoisotopic (exact) mass is 280 g/mol. The van der Waals surface area contributed by atoms with Gasteiger partial charge in [0.1, 0.15) is 0 Å². The number of furan rings is 1. The van der Waals surface area contributed by atoms with Crippen molar-refractivity contribution in [1.82, 2.24) is 10.3 Å². The van der Waals surface area contributed by atoms with Crippen molar-refractivity contribution < 1.29 is 4.42 Å². The summed E-state index contributed by atoms with van der Waals surface area (Å²) < 4.78 is 6.03. The third-order valence-corrected chi connectivity index (χ3v) is 3.18. The lowest BCUT2D eigenvalue weighted by molar-refractivity contribution is 0.518. The molecule has 2 aromatic heterocycles. The second-order valence-electron chi connectivity index (χ2n) is 3.56. The molecule has 84 valence electrons. The molecule has 3 nitrogen and oxygen atoms in total. The first kappa shape index (κ1) is 11.4. The van der Waals surface area contributed by atoms with Gasteiger partial charge in [-0.3, -0.25) is 4.98 Å². The summed E-state index contributed by atoms with van der Waals surface area (Å²) in [6.07, 6.45) is 6.25. The summed E-state index contributed by atoms with van der Waals surface area (Å²) in [4.78, 5) is 4.11. The molecule has 0 amide bonds. The van der Waals surface area contributed by atoms with Gasteiger partial charge in [0, 0.05) is 24.0 Å². The molecule has 0 bridgehead atoms. The fourth-order valence-electron chi connectivity index (χ4n) is 1.68. The van der Waals surface area contributed by atoms with Crippen molar-refractivity contribution >= 4 is 15.9 Å². The van der Waals surface area contributed by atoms with Crippen LogP contribution in [0.3, 0.4) is 0 Å². The number of likely N-dealkylation sites (N-methyl/N-ethyl adjacent to an activating group) is 1. The molecule has 1 unspecified atom stereocenters. The number of nitrogens with one attached hydrogen (secondary N) is 1. The molecule has 0 aliphatic carbocycles. The van der Waals surface area contributed by atoms with Gasteiger partial charge in [-0.15, -0.1) is 0 Å². The first-order chi connectivity index (χ1) is 7.81. The number of hydrogen-bond donors (Lipinski definition) is 1. The average molecular weight is 281 g/mol. The van der Waals surface area contributed by atoms with Crippen LogP contribution in [-0.4, -0.2) is 12.0 Å². The lowest BCUT2D eigenvalue weighted by atomic mass is 10.0. The van der Waals surface area contributed by atoms with Crippen molar-refractivity contribution in [2.24, 2.45) is 0 Å². The zero-order valence-corrected chi connectivity index (χ0v) is 10.6. The van der Waals surface area contributed by atoms with E-state index in [1.165, 1.54) is 5.56 Å². The highest BCUT2D eigenvalue weighted by molar-refractivity contribution is 9.10. The van der Waals surface area contributed by atoms with Gasteiger partial charge in [0.15, 0.2) is 4.67 Å². The minimum Gasteiger partial charge on any atom is -0.457 e. The number of pyridine rings is 1. The van der Waals surface area contributed by atoms with Crippen molar-refractivity contribution in [3.8, 4) is 0 Å². The molecule has 0 fully saturated rings. The van der Waals surface area contributed by atoms with Crippen LogP contribution in [-0.2, 0) is 6.42 Å². The number of aromatic nitrogens is 1. The SMILES string of the molecule is CNC(Cc1cccnc1)c1ccoc1Br. The van der Waals surface area contributed by atoms with Gasteiger partial charge in [-0.1, -0.05) is 6.07 Å². The second kappa shape index (κ2) is 5.27. The standard InChI is InChI=1S/C12H13BrN2O/c1-14-11(10-4-6-16-12(10)13)7-9-3-2-5-15-8-9/h2-6,8,11,14H,7H2,1H3. The van der Waals surface area contributed by atoms with Crippen molar-refractivity contribution in [1.29, 1.82) is 0 Å². The summed E-state index contributed by atoms with van der Waals surface area (Å²) in [7, 11) is 1.94. The number of hydrogen-bond acceptors (Lipinski definition) is 3. The van der Waals surface area contributed by atoms with Gasteiger partial charge in [0.25, 0.3) is 0 Å². The van der Waals surface area contributed by atoms with E-state index < -0.39 is 0 Å². The first-order valence-electron chi connectivity index (χ1n) is 5.10. The van der Waals surface area contributed by atoms with Gasteiger partial charge in [0.2, 0.25) is 0 Å². The predicted molar refractivity (Wildman–Crippen MR) is 66.1 cm³/mol. The van der Waals surface area contributed by atoms with E-state index in [4.69, 9.17) is 4.42 Å². The first-order valence-corrected chi connectivity index (χ1v) is 5.89. The van der Waals surface area contributed by atoms with Crippen molar-refractivity contribution in [3.05, 3.63) is 52.7 Å². The third-order valence-electron chi connectivity index (χ3n) is 2.53. The van der Waals surface area contributed by atoms with Gasteiger partial charge in [-0.05, 0) is 47.1 Å². The Balaban J connectivity index is 2.16. The predicted octanol–water partition coefficient (Wildman–Crippen LogP) is 2.94. The molecule has 2 rings (SSSR count). The van der Waals surface area contributed by atoms with E-state index >= 15 is 0 Å². The molecule has 16 heavy (non-hydrogen) atoms. The molecule has 0 aromatic carbocycles. The normalized spacial score (nSPS) is 12.6. The van der Waals surface area contributed by atoms with Crippen LogP contribution in [0, 0.1) is 0 Å². The van der Waals surface area contributed by atoms with Crippen molar-refractivity contribution in [3.63, 3.8) is 0 Å². The fraction of sp³-hybridized carbons (Fsp3) is 0.250. The van der Waals surface area contributed by atoms with Crippen LogP contribution < -0.4 is 5.32 Å². The van der Waals surface area contributed by atoms with E-state index in [0.29, 0.717) is 0 Å². The largest absolute Gasteiger partial charge is 0.457 e. The highest BCUT2D eigenvalue weighted by Gasteiger charge is 2.15. The van der Waals surface area contributed by atoms with Crippen LogP contribution in [0.1, 0.15) is 17.2 Å². The Morgan fingerprint density at radius 3 is 2.94 bits per heavy atom. The lowest BCUT2D eigenvalue weighted by Crippen LogP contribution is -2.18. The minimum absolute atomic E-state index is 0.234. The number of rotatable bonds is 4. The van der Waals surface area contributed by atoms with Crippen LogP contribution in [0.4, 0.5) is 0 Å². The van der Waals surface area contributed by atoms with Crippen LogP contribution in [0.5, 0.6) is 0 Å². The molecule has 0 aliphatic rings. The van der Waals surface area contributed by atoms with Gasteiger partial charge in [-0.25, -0.2) is 0 Å². The van der Waals surface area contributed by atoms with E-state index in [0.717, 1.165) is 16.7 Å². The Morgan fingerprint density at radius 1 is 1.50 bits per heavy atom. The maximum absolute atomic E-state index is 5.25. The van der Waals surface area contributed by atoms with E-state index in [9.17, 15) is 0 Å². The van der Waals surface area contributed by atoms with E-state index in [-0.39, 0.29) is 6.04 Å². The molecule has 4 heteroatoms. The zero-order chi connectivity index (χ0) is 11.4. The molecular formula is C12H13BrN2O. The van der Waals surface area contributed by atoms with Crippen LogP contribution in [0.15, 0.2) is 45.9 Å². The maximum Gasteiger partial charge on any atom is 0.173 e. The van der Waals surface area contributed by atoms with Crippen molar-refractivity contribution in [2.45, 2.75) is 12.5 Å². The lowest BCUT2D eigenvalue weighted by Gasteiger charge is -2.14. The molecule has 0 aliphatic heterocycles. The molecular weight excluding hydrogens is 268 g/mol. The highest BCUT2D eigenvalue weighted by Crippen LogP contribution is 2.26. The molecule has 1 N–H and O–H groups in total. The summed E-state index contributed by atoms with van der Waals surface area (Å²) >= 11 is 3.40. The maximum atomic E-state index is 5.25. The van der Waals surface area contributed by atoms with Gasteiger partial charge in [0.05, 0.1) is 6.26 Å². The van der Waals surface area contributed by atoms with Crippen LogP contribution in [0.25, 0.3) is 0 Å². The zero-order valence-electron chi connectivity index (χ0n) is 8.98. The van der Waals surface area contributed by atoms with E-state index in [1.54, 1.807) is 12.5 Å². The Labute approximate surface area is 103 Å². The fourth-order valence-corrected chi connectivity index (χ4v) is 2.19.